The van der Waals surface area contributed by atoms with Crippen molar-refractivity contribution in [3.8, 4) is 0 Å². The largest absolute Gasteiger partial charge is 0.350 e. The van der Waals surface area contributed by atoms with Crippen LogP contribution in [0.15, 0.2) is 48.5 Å². The lowest BCUT2D eigenvalue weighted by Gasteiger charge is -2.16. The molecule has 2 amide bonds. The number of rotatable bonds is 4. The standard InChI is InChI=1S/C21H22N4O2/c1-14-7-9-16(10-8-14)25-13-15(11-20(25)26)21(27)22-12-18-17-5-3-4-6-19(17)24(2)23-18/h3-10,15H,11-13H2,1-2H3,(H,22,27)/t15-/m0/s1. The van der Waals surface area contributed by atoms with Crippen molar-refractivity contribution in [3.63, 3.8) is 0 Å². The third kappa shape index (κ3) is 3.30. The lowest BCUT2D eigenvalue weighted by Crippen LogP contribution is -2.32. The highest BCUT2D eigenvalue weighted by atomic mass is 16.2. The molecule has 1 aliphatic heterocycles. The van der Waals surface area contributed by atoms with Gasteiger partial charge in [0, 0.05) is 31.1 Å². The number of nitrogens with zero attached hydrogens (tertiary/aromatic N) is 3. The molecular weight excluding hydrogens is 340 g/mol. The average Bonchev–Trinajstić information content (AvgIpc) is 3.21. The number of aromatic nitrogens is 2. The van der Waals surface area contributed by atoms with E-state index in [9.17, 15) is 9.59 Å². The van der Waals surface area contributed by atoms with Crippen molar-refractivity contribution in [2.75, 3.05) is 11.4 Å². The lowest BCUT2D eigenvalue weighted by molar-refractivity contribution is -0.126. The molecule has 1 atom stereocenters. The van der Waals surface area contributed by atoms with Crippen molar-refractivity contribution in [2.24, 2.45) is 13.0 Å². The fourth-order valence-electron chi connectivity index (χ4n) is 3.59. The summed E-state index contributed by atoms with van der Waals surface area (Å²) in [4.78, 5) is 26.7. The first-order valence-corrected chi connectivity index (χ1v) is 9.08. The van der Waals surface area contributed by atoms with E-state index in [-0.39, 0.29) is 24.2 Å². The van der Waals surface area contributed by atoms with Gasteiger partial charge in [0.25, 0.3) is 0 Å². The molecule has 1 aliphatic rings. The molecule has 6 nitrogen and oxygen atoms in total. The quantitative estimate of drug-likeness (QED) is 0.776. The summed E-state index contributed by atoms with van der Waals surface area (Å²) in [7, 11) is 1.89. The van der Waals surface area contributed by atoms with Crippen molar-refractivity contribution < 1.29 is 9.59 Å². The summed E-state index contributed by atoms with van der Waals surface area (Å²) < 4.78 is 1.81. The second-order valence-electron chi connectivity index (χ2n) is 7.05. The van der Waals surface area contributed by atoms with Crippen LogP contribution in [-0.4, -0.2) is 28.1 Å². The summed E-state index contributed by atoms with van der Waals surface area (Å²) in [6.07, 6.45) is 0.239. The molecule has 1 N–H and O–H groups in total. The first-order valence-electron chi connectivity index (χ1n) is 9.08. The Morgan fingerprint density at radius 3 is 2.70 bits per heavy atom. The first kappa shape index (κ1) is 17.3. The first-order chi connectivity index (χ1) is 13.0. The number of hydrogen-bond acceptors (Lipinski definition) is 3. The van der Waals surface area contributed by atoms with Crippen LogP contribution >= 0.6 is 0 Å². The van der Waals surface area contributed by atoms with Crippen LogP contribution < -0.4 is 10.2 Å². The number of carbonyl (C=O) groups is 2. The molecule has 6 heteroatoms. The number of fused-ring (bicyclic) bond motifs is 1. The van der Waals surface area contributed by atoms with Gasteiger partial charge in [-0.05, 0) is 25.1 Å². The van der Waals surface area contributed by atoms with Crippen LogP contribution in [0, 0.1) is 12.8 Å². The van der Waals surface area contributed by atoms with E-state index in [1.165, 1.54) is 0 Å². The SMILES string of the molecule is Cc1ccc(N2C[C@@H](C(=O)NCc3nn(C)c4ccccc34)CC2=O)cc1. The van der Waals surface area contributed by atoms with Crippen molar-refractivity contribution in [1.82, 2.24) is 15.1 Å². The number of nitrogens with one attached hydrogen (secondary N) is 1. The van der Waals surface area contributed by atoms with Gasteiger partial charge in [0.05, 0.1) is 23.7 Å². The van der Waals surface area contributed by atoms with Gasteiger partial charge < -0.3 is 10.2 Å². The zero-order chi connectivity index (χ0) is 19.0. The summed E-state index contributed by atoms with van der Waals surface area (Å²) in [5, 5.41) is 8.48. The number of anilines is 1. The average molecular weight is 362 g/mol. The summed E-state index contributed by atoms with van der Waals surface area (Å²) >= 11 is 0. The van der Waals surface area contributed by atoms with E-state index in [4.69, 9.17) is 0 Å². The third-order valence-electron chi connectivity index (χ3n) is 5.11. The second-order valence-corrected chi connectivity index (χ2v) is 7.05. The molecule has 0 bridgehead atoms. The number of amides is 2. The number of hydrogen-bond donors (Lipinski definition) is 1. The van der Waals surface area contributed by atoms with Crippen LogP contribution in [0.2, 0.25) is 0 Å². The normalized spacial score (nSPS) is 16.9. The smallest absolute Gasteiger partial charge is 0.227 e. The molecule has 138 valence electrons. The molecular formula is C21H22N4O2. The second kappa shape index (κ2) is 6.87. The van der Waals surface area contributed by atoms with Crippen LogP contribution in [0.3, 0.4) is 0 Å². The van der Waals surface area contributed by atoms with Gasteiger partial charge in [-0.3, -0.25) is 14.3 Å². The molecule has 0 saturated carbocycles. The van der Waals surface area contributed by atoms with Gasteiger partial charge in [0.15, 0.2) is 0 Å². The Bertz CT molecular complexity index is 1010. The summed E-state index contributed by atoms with van der Waals surface area (Å²) in [6.45, 7) is 2.78. The number of carbonyl (C=O) groups excluding carboxylic acids is 2. The topological polar surface area (TPSA) is 67.2 Å². The highest BCUT2D eigenvalue weighted by molar-refractivity contribution is 6.00. The van der Waals surface area contributed by atoms with Crippen LogP contribution in [0.5, 0.6) is 0 Å². The maximum atomic E-state index is 12.6. The zero-order valence-corrected chi connectivity index (χ0v) is 15.5. The Labute approximate surface area is 157 Å². The Kier molecular flexibility index (Phi) is 4.39. The molecule has 1 fully saturated rings. The van der Waals surface area contributed by atoms with Crippen LogP contribution in [0.25, 0.3) is 10.9 Å². The maximum absolute atomic E-state index is 12.6. The Balaban J connectivity index is 1.43. The maximum Gasteiger partial charge on any atom is 0.227 e. The molecule has 2 aromatic carbocycles. The van der Waals surface area contributed by atoms with Gasteiger partial charge in [-0.2, -0.15) is 5.10 Å². The molecule has 0 aliphatic carbocycles. The molecule has 27 heavy (non-hydrogen) atoms. The minimum Gasteiger partial charge on any atom is -0.350 e. The van der Waals surface area contributed by atoms with Crippen molar-refractivity contribution >= 4 is 28.4 Å². The van der Waals surface area contributed by atoms with Gasteiger partial charge in [0.1, 0.15) is 0 Å². The number of benzene rings is 2. The van der Waals surface area contributed by atoms with E-state index in [0.29, 0.717) is 13.1 Å². The molecule has 0 unspecified atom stereocenters. The van der Waals surface area contributed by atoms with E-state index < -0.39 is 0 Å². The highest BCUT2D eigenvalue weighted by Gasteiger charge is 2.35. The predicted molar refractivity (Wildman–Crippen MR) is 104 cm³/mol. The van der Waals surface area contributed by atoms with E-state index in [1.54, 1.807) is 4.90 Å². The number of para-hydroxylation sites is 1. The van der Waals surface area contributed by atoms with Gasteiger partial charge in [0.2, 0.25) is 11.8 Å². The van der Waals surface area contributed by atoms with Gasteiger partial charge in [-0.15, -0.1) is 0 Å². The summed E-state index contributed by atoms with van der Waals surface area (Å²) in [5.74, 6) is -0.455. The van der Waals surface area contributed by atoms with E-state index in [2.05, 4.69) is 10.4 Å². The molecule has 0 radical (unpaired) electrons. The van der Waals surface area contributed by atoms with Crippen molar-refractivity contribution in [1.29, 1.82) is 0 Å². The van der Waals surface area contributed by atoms with Crippen LogP contribution in [-0.2, 0) is 23.2 Å². The van der Waals surface area contributed by atoms with Gasteiger partial charge >= 0.3 is 0 Å². The lowest BCUT2D eigenvalue weighted by atomic mass is 10.1. The van der Waals surface area contributed by atoms with Crippen LogP contribution in [0.1, 0.15) is 17.7 Å². The minimum atomic E-state index is -0.339. The third-order valence-corrected chi connectivity index (χ3v) is 5.11. The van der Waals surface area contributed by atoms with Crippen LogP contribution in [0.4, 0.5) is 5.69 Å². The molecule has 1 aromatic heterocycles. The monoisotopic (exact) mass is 362 g/mol. The summed E-state index contributed by atoms with van der Waals surface area (Å²) in [6, 6.07) is 15.7. The van der Waals surface area contributed by atoms with E-state index >= 15 is 0 Å². The molecule has 3 aromatic rings. The fourth-order valence-corrected chi connectivity index (χ4v) is 3.59. The summed E-state index contributed by atoms with van der Waals surface area (Å²) in [5.41, 5.74) is 3.85. The predicted octanol–water partition coefficient (Wildman–Crippen LogP) is 2.55. The molecule has 1 saturated heterocycles. The molecule has 4 rings (SSSR count). The van der Waals surface area contributed by atoms with Gasteiger partial charge in [-0.25, -0.2) is 0 Å². The number of aryl methyl sites for hydroxylation is 2. The van der Waals surface area contributed by atoms with Crippen molar-refractivity contribution in [2.45, 2.75) is 19.9 Å². The fraction of sp³-hybridized carbons (Fsp3) is 0.286. The molecule has 2 heterocycles. The minimum absolute atomic E-state index is 0.0118. The Morgan fingerprint density at radius 1 is 1.19 bits per heavy atom. The highest BCUT2D eigenvalue weighted by Crippen LogP contribution is 2.25. The van der Waals surface area contributed by atoms with Gasteiger partial charge in [-0.1, -0.05) is 35.9 Å². The van der Waals surface area contributed by atoms with E-state index in [0.717, 1.165) is 27.8 Å². The van der Waals surface area contributed by atoms with Crippen molar-refractivity contribution in [3.05, 3.63) is 59.8 Å². The Morgan fingerprint density at radius 2 is 1.93 bits per heavy atom. The Hall–Kier alpha value is -3.15. The molecule has 0 spiro atoms. The zero-order valence-electron chi connectivity index (χ0n) is 15.5. The van der Waals surface area contributed by atoms with E-state index in [1.807, 2.05) is 67.2 Å².